The van der Waals surface area contributed by atoms with Gasteiger partial charge in [-0.1, -0.05) is 5.16 Å². The van der Waals surface area contributed by atoms with Crippen molar-refractivity contribution in [3.8, 4) is 34.7 Å². The van der Waals surface area contributed by atoms with Gasteiger partial charge < -0.3 is 19.4 Å². The molecular weight excluding hydrogens is 415 g/mol. The van der Waals surface area contributed by atoms with Crippen LogP contribution in [0.4, 0.5) is 4.39 Å². The monoisotopic (exact) mass is 434 g/mol. The topological polar surface area (TPSA) is 125 Å². The molecule has 2 N–H and O–H groups in total. The van der Waals surface area contributed by atoms with E-state index in [9.17, 15) is 14.4 Å². The molecule has 0 bridgehead atoms. The highest BCUT2D eigenvalue weighted by Crippen LogP contribution is 2.33. The summed E-state index contributed by atoms with van der Waals surface area (Å²) in [5.41, 5.74) is 2.15. The normalized spacial score (nSPS) is 11.1. The first kappa shape index (κ1) is 21.1. The molecule has 0 amide bonds. The highest BCUT2D eigenvalue weighted by Gasteiger charge is 2.20. The molecule has 8 nitrogen and oxygen atoms in total. The number of carboxylic acids is 1. The number of nitriles is 1. The van der Waals surface area contributed by atoms with E-state index in [0.717, 1.165) is 5.56 Å². The van der Waals surface area contributed by atoms with Gasteiger partial charge in [-0.3, -0.25) is 4.79 Å². The number of benzene rings is 2. The van der Waals surface area contributed by atoms with Crippen molar-refractivity contribution in [2.75, 3.05) is 0 Å². The summed E-state index contributed by atoms with van der Waals surface area (Å²) < 4.78 is 25.7. The summed E-state index contributed by atoms with van der Waals surface area (Å²) in [6.07, 6.45) is 1.83. The van der Waals surface area contributed by atoms with Gasteiger partial charge in [0.15, 0.2) is 0 Å². The molecule has 0 radical (unpaired) electrons. The van der Waals surface area contributed by atoms with Crippen LogP contribution in [0, 0.1) is 17.1 Å². The van der Waals surface area contributed by atoms with Crippen LogP contribution in [-0.2, 0) is 11.2 Å². The number of halogens is 1. The maximum Gasteiger partial charge on any atom is 0.303 e. The maximum absolute atomic E-state index is 14.7. The first-order valence-corrected chi connectivity index (χ1v) is 9.93. The van der Waals surface area contributed by atoms with Crippen molar-refractivity contribution in [2.24, 2.45) is 0 Å². The number of nitrogens with one attached hydrogen (secondary N) is 1. The number of H-pyrrole nitrogens is 1. The zero-order valence-electron chi connectivity index (χ0n) is 17.3. The number of aromatic nitrogens is 3. The zero-order chi connectivity index (χ0) is 22.8. The average Bonchev–Trinajstić information content (AvgIpc) is 3.39. The molecular formula is C23H19FN4O4. The fraction of sp³-hybridized carbons (Fsp3) is 0.217. The van der Waals surface area contributed by atoms with Gasteiger partial charge in [-0.25, -0.2) is 4.39 Å². The molecule has 0 saturated carbocycles. The number of fused-ring (bicyclic) bond motifs is 1. The van der Waals surface area contributed by atoms with E-state index < -0.39 is 11.8 Å². The smallest absolute Gasteiger partial charge is 0.303 e. The largest absolute Gasteiger partial charge is 0.490 e. The van der Waals surface area contributed by atoms with Gasteiger partial charge in [0.1, 0.15) is 17.6 Å². The first-order chi connectivity index (χ1) is 15.4. The maximum atomic E-state index is 14.7. The van der Waals surface area contributed by atoms with Crippen molar-refractivity contribution in [2.45, 2.75) is 32.8 Å². The lowest BCUT2D eigenvalue weighted by atomic mass is 10.0. The second kappa shape index (κ2) is 8.51. The predicted octanol–water partition coefficient (Wildman–Crippen LogP) is 4.70. The summed E-state index contributed by atoms with van der Waals surface area (Å²) in [6.45, 7) is 3.73. The Hall–Kier alpha value is -4.19. The quantitative estimate of drug-likeness (QED) is 0.432. The van der Waals surface area contributed by atoms with E-state index >= 15 is 0 Å². The van der Waals surface area contributed by atoms with Crippen molar-refractivity contribution in [3.05, 3.63) is 53.5 Å². The highest BCUT2D eigenvalue weighted by molar-refractivity contribution is 5.95. The van der Waals surface area contributed by atoms with E-state index in [1.54, 1.807) is 30.5 Å². The molecule has 32 heavy (non-hydrogen) atoms. The molecule has 2 aromatic carbocycles. The van der Waals surface area contributed by atoms with Crippen LogP contribution >= 0.6 is 0 Å². The van der Waals surface area contributed by atoms with E-state index in [4.69, 9.17) is 14.4 Å². The second-order valence-corrected chi connectivity index (χ2v) is 7.47. The molecule has 2 aromatic heterocycles. The minimum Gasteiger partial charge on any atom is -0.490 e. The van der Waals surface area contributed by atoms with E-state index in [1.165, 1.54) is 6.07 Å². The molecule has 0 atom stereocenters. The molecule has 0 aliphatic carbocycles. The number of aromatic amines is 1. The summed E-state index contributed by atoms with van der Waals surface area (Å²) in [5.74, 6) is -0.847. The van der Waals surface area contributed by atoms with Crippen LogP contribution in [0.2, 0.25) is 0 Å². The van der Waals surface area contributed by atoms with Gasteiger partial charge in [0.05, 0.1) is 22.7 Å². The van der Waals surface area contributed by atoms with Crippen LogP contribution in [0.5, 0.6) is 5.75 Å². The van der Waals surface area contributed by atoms with Gasteiger partial charge in [0.2, 0.25) is 5.82 Å². The van der Waals surface area contributed by atoms with Gasteiger partial charge >= 0.3 is 5.97 Å². The number of carboxylic acid groups (broad SMARTS) is 1. The Balaban J connectivity index is 1.72. The lowest BCUT2D eigenvalue weighted by molar-refractivity contribution is -0.136. The van der Waals surface area contributed by atoms with Gasteiger partial charge in [-0.05, 0) is 56.2 Å². The van der Waals surface area contributed by atoms with Crippen molar-refractivity contribution >= 4 is 16.9 Å². The van der Waals surface area contributed by atoms with Crippen LogP contribution in [-0.4, -0.2) is 32.3 Å². The molecule has 0 unspecified atom stereocenters. The lowest BCUT2D eigenvalue weighted by Crippen LogP contribution is -2.06. The molecule has 4 rings (SSSR count). The number of nitrogens with zero attached hydrogens (tertiary/aromatic N) is 3. The summed E-state index contributed by atoms with van der Waals surface area (Å²) in [5, 5.41) is 23.0. The van der Waals surface area contributed by atoms with E-state index in [2.05, 4.69) is 21.2 Å². The Bertz CT molecular complexity index is 1350. The molecule has 9 heteroatoms. The predicted molar refractivity (Wildman–Crippen MR) is 113 cm³/mol. The second-order valence-electron chi connectivity index (χ2n) is 7.47. The third-order valence-corrected chi connectivity index (χ3v) is 4.86. The van der Waals surface area contributed by atoms with Crippen molar-refractivity contribution < 1.29 is 23.6 Å². The average molecular weight is 434 g/mol. The summed E-state index contributed by atoms with van der Waals surface area (Å²) in [4.78, 5) is 18.2. The minimum atomic E-state index is -0.911. The van der Waals surface area contributed by atoms with Gasteiger partial charge in [-0.15, -0.1) is 0 Å². The fourth-order valence-corrected chi connectivity index (χ4v) is 3.45. The standard InChI is InChI=1S/C23H19FN4O4/c1-12(2)31-18-7-3-13(9-15(18)10-25)23-27-22(28-32-23)20-17(24)6-5-16-14(4-8-19(29)30)11-26-21(16)20/h3,5-7,9,11-12,26H,4,8H2,1-2H3,(H,29,30). The van der Waals surface area contributed by atoms with Gasteiger partial charge in [-0.2, -0.15) is 10.2 Å². The fourth-order valence-electron chi connectivity index (χ4n) is 3.45. The summed E-state index contributed by atoms with van der Waals surface area (Å²) >= 11 is 0. The third-order valence-electron chi connectivity index (χ3n) is 4.86. The Morgan fingerprint density at radius 3 is 2.88 bits per heavy atom. The number of rotatable bonds is 7. The Kier molecular flexibility index (Phi) is 5.60. The van der Waals surface area contributed by atoms with Crippen LogP contribution in [0.1, 0.15) is 31.4 Å². The lowest BCUT2D eigenvalue weighted by Gasteiger charge is -2.11. The number of aryl methyl sites for hydroxylation is 1. The van der Waals surface area contributed by atoms with Crippen LogP contribution in [0.25, 0.3) is 33.7 Å². The third kappa shape index (κ3) is 4.03. The molecule has 0 saturated heterocycles. The van der Waals surface area contributed by atoms with Crippen LogP contribution < -0.4 is 4.74 Å². The summed E-state index contributed by atoms with van der Waals surface area (Å²) in [6, 6.07) is 9.88. The van der Waals surface area contributed by atoms with Crippen molar-refractivity contribution in [1.29, 1.82) is 5.26 Å². The Morgan fingerprint density at radius 1 is 1.34 bits per heavy atom. The zero-order valence-corrected chi connectivity index (χ0v) is 17.3. The van der Waals surface area contributed by atoms with E-state index in [-0.39, 0.29) is 29.8 Å². The number of hydrogen-bond donors (Lipinski definition) is 2. The van der Waals surface area contributed by atoms with Crippen LogP contribution in [0.15, 0.2) is 41.1 Å². The summed E-state index contributed by atoms with van der Waals surface area (Å²) in [7, 11) is 0. The number of ether oxygens (including phenoxy) is 1. The number of hydrogen-bond acceptors (Lipinski definition) is 6. The Labute approximate surface area is 182 Å². The van der Waals surface area contributed by atoms with Crippen molar-refractivity contribution in [1.82, 2.24) is 15.1 Å². The Morgan fingerprint density at radius 2 is 2.16 bits per heavy atom. The number of aliphatic carboxylic acids is 1. The molecule has 0 fully saturated rings. The molecule has 162 valence electrons. The van der Waals surface area contributed by atoms with Gasteiger partial charge in [0.25, 0.3) is 5.89 Å². The molecule has 0 spiro atoms. The highest BCUT2D eigenvalue weighted by atomic mass is 19.1. The first-order valence-electron chi connectivity index (χ1n) is 9.93. The molecule has 4 aromatic rings. The van der Waals surface area contributed by atoms with E-state index in [0.29, 0.717) is 34.2 Å². The molecule has 0 aliphatic rings. The van der Waals surface area contributed by atoms with Gasteiger partial charge in [0, 0.05) is 23.6 Å². The van der Waals surface area contributed by atoms with E-state index in [1.807, 2.05) is 13.8 Å². The minimum absolute atomic E-state index is 0.0377. The van der Waals surface area contributed by atoms with Crippen molar-refractivity contribution in [3.63, 3.8) is 0 Å². The SMILES string of the molecule is CC(C)Oc1ccc(-c2nc(-c3c(F)ccc4c(CCC(=O)O)c[nH]c34)no2)cc1C#N. The molecule has 2 heterocycles. The van der Waals surface area contributed by atoms with Crippen LogP contribution in [0.3, 0.4) is 0 Å². The number of carbonyl (C=O) groups is 1. The molecule has 0 aliphatic heterocycles.